The maximum Gasteiger partial charge on any atom is 0.00958 e. The molecule has 0 saturated heterocycles. The highest BCUT2D eigenvalue weighted by Gasteiger charge is 2.29. The van der Waals surface area contributed by atoms with Crippen LogP contribution in [0, 0.1) is 5.41 Å². The molecule has 0 aromatic rings. The highest BCUT2D eigenvalue weighted by Crippen LogP contribution is 2.39. The first-order valence-corrected chi connectivity index (χ1v) is 8.74. The molecule has 0 heterocycles. The third kappa shape index (κ3) is 5.12. The highest BCUT2D eigenvalue weighted by molar-refractivity contribution is 9.09. The van der Waals surface area contributed by atoms with E-state index in [2.05, 4.69) is 34.6 Å². The first-order chi connectivity index (χ1) is 7.33. The fraction of sp³-hybridized carbons (Fsp3) is 1.00. The van der Waals surface area contributed by atoms with Gasteiger partial charge in [-0.1, -0.05) is 55.0 Å². The van der Waals surface area contributed by atoms with Crippen molar-refractivity contribution in [3.05, 3.63) is 0 Å². The molecule has 0 aromatic carbocycles. The molecule has 2 heteroatoms. The number of rotatable bonds is 6. The SMILES string of the molecule is CCCCSCC1(CBr)CCCCCC1. The zero-order chi connectivity index (χ0) is 11.0. The van der Waals surface area contributed by atoms with Crippen LogP contribution in [0.25, 0.3) is 0 Å². The molecule has 1 rings (SSSR count). The summed E-state index contributed by atoms with van der Waals surface area (Å²) in [6.45, 7) is 2.28. The molecular weight excluding hydrogens is 268 g/mol. The molecule has 0 radical (unpaired) electrons. The normalized spacial score (nSPS) is 21.2. The van der Waals surface area contributed by atoms with Crippen LogP contribution < -0.4 is 0 Å². The quantitative estimate of drug-likeness (QED) is 0.366. The third-order valence-corrected chi connectivity index (χ3v) is 6.08. The molecular formula is C13H25BrS. The minimum Gasteiger partial charge on any atom is -0.161 e. The van der Waals surface area contributed by atoms with Gasteiger partial charge in [-0.2, -0.15) is 11.8 Å². The molecule has 0 unspecified atom stereocenters. The summed E-state index contributed by atoms with van der Waals surface area (Å²) in [5.41, 5.74) is 0.634. The number of hydrogen-bond acceptors (Lipinski definition) is 1. The van der Waals surface area contributed by atoms with Crippen molar-refractivity contribution in [2.75, 3.05) is 16.8 Å². The summed E-state index contributed by atoms with van der Waals surface area (Å²) in [6.07, 6.45) is 11.5. The molecule has 15 heavy (non-hydrogen) atoms. The Bertz CT molecular complexity index is 151. The fourth-order valence-electron chi connectivity index (χ4n) is 2.33. The van der Waals surface area contributed by atoms with Gasteiger partial charge in [0.05, 0.1) is 0 Å². The lowest BCUT2D eigenvalue weighted by Gasteiger charge is -2.30. The Morgan fingerprint density at radius 3 is 2.33 bits per heavy atom. The summed E-state index contributed by atoms with van der Waals surface area (Å²) >= 11 is 5.95. The molecule has 0 amide bonds. The number of unbranched alkanes of at least 4 members (excludes halogenated alkanes) is 1. The maximum absolute atomic E-state index is 3.76. The van der Waals surface area contributed by atoms with Crippen LogP contribution in [0.3, 0.4) is 0 Å². The predicted molar refractivity (Wildman–Crippen MR) is 76.2 cm³/mol. The second-order valence-corrected chi connectivity index (χ2v) is 6.62. The van der Waals surface area contributed by atoms with Gasteiger partial charge in [-0.05, 0) is 36.2 Å². The first-order valence-electron chi connectivity index (χ1n) is 6.47. The molecule has 0 aromatic heterocycles. The summed E-state index contributed by atoms with van der Waals surface area (Å²) in [5, 5.41) is 1.22. The maximum atomic E-state index is 3.76. The Labute approximate surface area is 108 Å². The molecule has 1 aliphatic rings. The van der Waals surface area contributed by atoms with E-state index in [1.807, 2.05) is 0 Å². The van der Waals surface area contributed by atoms with E-state index in [1.54, 1.807) is 0 Å². The molecule has 0 nitrogen and oxygen atoms in total. The van der Waals surface area contributed by atoms with Crippen LogP contribution in [-0.4, -0.2) is 16.8 Å². The van der Waals surface area contributed by atoms with E-state index >= 15 is 0 Å². The van der Waals surface area contributed by atoms with Crippen molar-refractivity contribution in [3.63, 3.8) is 0 Å². The molecule has 0 aliphatic heterocycles. The number of thioether (sulfide) groups is 1. The van der Waals surface area contributed by atoms with Crippen molar-refractivity contribution in [2.24, 2.45) is 5.41 Å². The smallest absolute Gasteiger partial charge is 0.00958 e. The van der Waals surface area contributed by atoms with Gasteiger partial charge < -0.3 is 0 Å². The Hall–Kier alpha value is 0.830. The fourth-order valence-corrected chi connectivity index (χ4v) is 4.81. The van der Waals surface area contributed by atoms with E-state index in [4.69, 9.17) is 0 Å². The zero-order valence-corrected chi connectivity index (χ0v) is 12.5. The van der Waals surface area contributed by atoms with Crippen LogP contribution >= 0.6 is 27.7 Å². The van der Waals surface area contributed by atoms with Gasteiger partial charge in [0.25, 0.3) is 0 Å². The van der Waals surface area contributed by atoms with Crippen molar-refractivity contribution >= 4 is 27.7 Å². The van der Waals surface area contributed by atoms with E-state index in [0.717, 1.165) is 0 Å². The van der Waals surface area contributed by atoms with Crippen LogP contribution in [0.1, 0.15) is 58.3 Å². The molecule has 1 fully saturated rings. The summed E-state index contributed by atoms with van der Waals surface area (Å²) in [7, 11) is 0. The van der Waals surface area contributed by atoms with E-state index in [9.17, 15) is 0 Å². The summed E-state index contributed by atoms with van der Waals surface area (Å²) in [5.74, 6) is 2.75. The van der Waals surface area contributed by atoms with E-state index < -0.39 is 0 Å². The highest BCUT2D eigenvalue weighted by atomic mass is 79.9. The van der Waals surface area contributed by atoms with Crippen molar-refractivity contribution in [2.45, 2.75) is 58.3 Å². The van der Waals surface area contributed by atoms with E-state index in [0.29, 0.717) is 5.41 Å². The third-order valence-electron chi connectivity index (χ3n) is 3.50. The van der Waals surface area contributed by atoms with Crippen LogP contribution in [0.2, 0.25) is 0 Å². The lowest BCUT2D eigenvalue weighted by Crippen LogP contribution is -2.25. The second-order valence-electron chi connectivity index (χ2n) is 4.95. The number of hydrogen-bond donors (Lipinski definition) is 0. The summed E-state index contributed by atoms with van der Waals surface area (Å²) in [6, 6.07) is 0. The minimum atomic E-state index is 0.634. The van der Waals surface area contributed by atoms with Crippen molar-refractivity contribution in [1.29, 1.82) is 0 Å². The van der Waals surface area contributed by atoms with Crippen LogP contribution in [0.15, 0.2) is 0 Å². The largest absolute Gasteiger partial charge is 0.161 e. The van der Waals surface area contributed by atoms with E-state index in [-0.39, 0.29) is 0 Å². The molecule has 0 atom stereocenters. The van der Waals surface area contributed by atoms with Crippen molar-refractivity contribution < 1.29 is 0 Å². The monoisotopic (exact) mass is 292 g/mol. The molecule has 0 N–H and O–H groups in total. The average molecular weight is 293 g/mol. The van der Waals surface area contributed by atoms with Gasteiger partial charge in [-0.3, -0.25) is 0 Å². The van der Waals surface area contributed by atoms with Gasteiger partial charge in [0.2, 0.25) is 0 Å². The molecule has 0 spiro atoms. The Morgan fingerprint density at radius 2 is 1.80 bits per heavy atom. The average Bonchev–Trinajstić information content (AvgIpc) is 2.51. The topological polar surface area (TPSA) is 0 Å². The standard InChI is InChI=1S/C13H25BrS/c1-2-3-10-15-12-13(11-14)8-6-4-5-7-9-13/h2-12H2,1H3. The molecule has 90 valence electrons. The van der Waals surface area contributed by atoms with Crippen molar-refractivity contribution in [1.82, 2.24) is 0 Å². The van der Waals surface area contributed by atoms with Crippen molar-refractivity contribution in [3.8, 4) is 0 Å². The minimum absolute atomic E-state index is 0.634. The van der Waals surface area contributed by atoms with Gasteiger partial charge in [0.15, 0.2) is 0 Å². The van der Waals surface area contributed by atoms with Gasteiger partial charge in [-0.25, -0.2) is 0 Å². The summed E-state index contributed by atoms with van der Waals surface area (Å²) < 4.78 is 0. The molecule has 0 bridgehead atoms. The van der Waals surface area contributed by atoms with Gasteiger partial charge >= 0.3 is 0 Å². The first kappa shape index (κ1) is 13.9. The molecule has 1 aliphatic carbocycles. The molecule has 1 saturated carbocycles. The zero-order valence-electron chi connectivity index (χ0n) is 10.1. The van der Waals surface area contributed by atoms with Crippen LogP contribution in [-0.2, 0) is 0 Å². The van der Waals surface area contributed by atoms with Crippen LogP contribution in [0.5, 0.6) is 0 Å². The van der Waals surface area contributed by atoms with E-state index in [1.165, 1.54) is 68.2 Å². The van der Waals surface area contributed by atoms with Crippen LogP contribution in [0.4, 0.5) is 0 Å². The van der Waals surface area contributed by atoms with Gasteiger partial charge in [0.1, 0.15) is 0 Å². The Morgan fingerprint density at radius 1 is 1.13 bits per heavy atom. The Kier molecular flexibility index (Phi) is 7.41. The van der Waals surface area contributed by atoms with Gasteiger partial charge in [-0.15, -0.1) is 0 Å². The number of alkyl halides is 1. The lowest BCUT2D eigenvalue weighted by molar-refractivity contribution is 0.334. The van der Waals surface area contributed by atoms with Gasteiger partial charge in [0, 0.05) is 5.33 Å². The summed E-state index contributed by atoms with van der Waals surface area (Å²) in [4.78, 5) is 0. The lowest BCUT2D eigenvalue weighted by atomic mass is 9.85. The predicted octanol–water partition coefficient (Wildman–Crippen LogP) is 5.26. The second kappa shape index (κ2) is 8.00. The number of halogens is 1. The Balaban J connectivity index is 2.29.